The highest BCUT2D eigenvalue weighted by Gasteiger charge is 2.27. The lowest BCUT2D eigenvalue weighted by Gasteiger charge is -2.27. The number of carbonyl (C=O) groups excluding carboxylic acids is 1. The van der Waals surface area contributed by atoms with Crippen molar-refractivity contribution in [3.63, 3.8) is 0 Å². The fraction of sp³-hybridized carbons (Fsp3) is 0.526. The lowest BCUT2D eigenvalue weighted by atomic mass is 10.2. The Labute approximate surface area is 174 Å². The van der Waals surface area contributed by atoms with E-state index in [9.17, 15) is 4.79 Å². The van der Waals surface area contributed by atoms with Crippen molar-refractivity contribution in [1.29, 1.82) is 0 Å². The number of morpholine rings is 1. The zero-order valence-corrected chi connectivity index (χ0v) is 17.0. The molecule has 2 saturated heterocycles. The van der Waals surface area contributed by atoms with Crippen molar-refractivity contribution >= 4 is 23.8 Å². The molecule has 4 heterocycles. The largest absolute Gasteiger partial charge is 0.450 e. The molecular formula is C19H26N8O3. The van der Waals surface area contributed by atoms with E-state index in [4.69, 9.17) is 25.2 Å². The summed E-state index contributed by atoms with van der Waals surface area (Å²) in [5.74, 6) is 1.52. The average Bonchev–Trinajstić information content (AvgIpc) is 3.23. The molecule has 4 rings (SSSR count). The predicted octanol–water partition coefficient (Wildman–Crippen LogP) is 0.995. The third kappa shape index (κ3) is 4.67. The summed E-state index contributed by atoms with van der Waals surface area (Å²) >= 11 is 0. The Morgan fingerprint density at radius 2 is 2.03 bits per heavy atom. The first-order chi connectivity index (χ1) is 14.6. The molecule has 2 aromatic heterocycles. The Morgan fingerprint density at radius 1 is 1.27 bits per heavy atom. The van der Waals surface area contributed by atoms with Gasteiger partial charge >= 0.3 is 6.09 Å². The topological polar surface area (TPSA) is 132 Å². The predicted molar refractivity (Wildman–Crippen MR) is 111 cm³/mol. The minimum atomic E-state index is -0.279. The van der Waals surface area contributed by atoms with Crippen molar-refractivity contribution in [1.82, 2.24) is 24.8 Å². The molecular weight excluding hydrogens is 388 g/mol. The molecule has 0 bridgehead atoms. The molecule has 0 aliphatic carbocycles. The van der Waals surface area contributed by atoms with Crippen molar-refractivity contribution < 1.29 is 14.3 Å². The van der Waals surface area contributed by atoms with Crippen LogP contribution in [0.3, 0.4) is 0 Å². The van der Waals surface area contributed by atoms with E-state index >= 15 is 0 Å². The second-order valence-corrected chi connectivity index (χ2v) is 7.14. The van der Waals surface area contributed by atoms with Gasteiger partial charge < -0.3 is 30.3 Å². The van der Waals surface area contributed by atoms with Gasteiger partial charge in [0, 0.05) is 56.2 Å². The Kier molecular flexibility index (Phi) is 6.07. The van der Waals surface area contributed by atoms with Crippen LogP contribution in [-0.2, 0) is 9.47 Å². The molecule has 0 unspecified atom stereocenters. The highest BCUT2D eigenvalue weighted by molar-refractivity contribution is 5.68. The summed E-state index contributed by atoms with van der Waals surface area (Å²) in [6, 6.07) is 1.95. The Bertz CT molecular complexity index is 873. The summed E-state index contributed by atoms with van der Waals surface area (Å²) in [5, 5.41) is 3.44. The molecule has 0 saturated carbocycles. The number of amides is 1. The van der Waals surface area contributed by atoms with Gasteiger partial charge in [-0.1, -0.05) is 0 Å². The molecule has 0 radical (unpaired) electrons. The quantitative estimate of drug-likeness (QED) is 0.730. The molecule has 0 aromatic carbocycles. The first kappa shape index (κ1) is 20.1. The molecule has 1 atom stereocenters. The summed E-state index contributed by atoms with van der Waals surface area (Å²) in [4.78, 5) is 33.4. The average molecular weight is 414 g/mol. The van der Waals surface area contributed by atoms with Gasteiger partial charge in [-0.2, -0.15) is 4.98 Å². The second kappa shape index (κ2) is 9.08. The van der Waals surface area contributed by atoms with Gasteiger partial charge in [0.1, 0.15) is 5.82 Å². The maximum absolute atomic E-state index is 12.0. The number of carbonyl (C=O) groups is 1. The van der Waals surface area contributed by atoms with Gasteiger partial charge in [0.05, 0.1) is 25.5 Å². The molecule has 160 valence electrons. The zero-order valence-electron chi connectivity index (χ0n) is 17.0. The fourth-order valence-corrected chi connectivity index (χ4v) is 3.50. The molecule has 1 amide bonds. The van der Waals surface area contributed by atoms with Crippen molar-refractivity contribution in [2.45, 2.75) is 19.4 Å². The van der Waals surface area contributed by atoms with E-state index < -0.39 is 0 Å². The number of nitrogens with one attached hydrogen (secondary N) is 1. The molecule has 2 aliphatic heterocycles. The second-order valence-electron chi connectivity index (χ2n) is 7.14. The van der Waals surface area contributed by atoms with Crippen molar-refractivity contribution in [3.05, 3.63) is 18.5 Å². The van der Waals surface area contributed by atoms with E-state index in [-0.39, 0.29) is 18.1 Å². The van der Waals surface area contributed by atoms with E-state index in [0.717, 1.165) is 25.1 Å². The molecule has 30 heavy (non-hydrogen) atoms. The molecule has 11 heteroatoms. The van der Waals surface area contributed by atoms with E-state index in [1.807, 2.05) is 6.07 Å². The number of anilines is 3. The molecule has 3 N–H and O–H groups in total. The number of ether oxygens (including phenoxy) is 2. The Balaban J connectivity index is 1.56. The molecule has 2 aromatic rings. The number of aromatic nitrogens is 4. The third-order valence-electron chi connectivity index (χ3n) is 5.04. The Hall–Kier alpha value is -3.21. The van der Waals surface area contributed by atoms with Gasteiger partial charge in [-0.25, -0.2) is 19.7 Å². The standard InChI is InChI=1S/C19H26N8O3/c1-2-30-19(28)27-4-3-14(12-27)23-16-9-15(13-10-21-17(20)22-11-13)24-18(25-16)26-5-7-29-8-6-26/h9-11,14H,2-8,12H2,1H3,(H2,20,21,22)(H,23,24,25)/t14-/m1/s1. The summed E-state index contributed by atoms with van der Waals surface area (Å²) in [5.41, 5.74) is 7.07. The number of nitrogen functional groups attached to an aromatic ring is 1. The molecule has 2 fully saturated rings. The van der Waals surface area contributed by atoms with Crippen LogP contribution >= 0.6 is 0 Å². The van der Waals surface area contributed by atoms with Crippen LogP contribution in [0.1, 0.15) is 13.3 Å². The van der Waals surface area contributed by atoms with Crippen molar-refractivity contribution in [3.8, 4) is 11.3 Å². The summed E-state index contributed by atoms with van der Waals surface area (Å²) in [6.07, 6.45) is 3.83. The van der Waals surface area contributed by atoms with Gasteiger partial charge in [0.2, 0.25) is 11.9 Å². The number of hydrogen-bond acceptors (Lipinski definition) is 10. The van der Waals surface area contributed by atoms with Crippen LogP contribution < -0.4 is 16.0 Å². The van der Waals surface area contributed by atoms with Gasteiger partial charge in [-0.05, 0) is 13.3 Å². The van der Waals surface area contributed by atoms with Gasteiger partial charge in [-0.3, -0.25) is 0 Å². The van der Waals surface area contributed by atoms with Gasteiger partial charge in [0.15, 0.2) is 0 Å². The smallest absolute Gasteiger partial charge is 0.409 e. The summed E-state index contributed by atoms with van der Waals surface area (Å²) in [6.45, 7) is 6.11. The number of hydrogen-bond donors (Lipinski definition) is 2. The maximum atomic E-state index is 12.0. The zero-order chi connectivity index (χ0) is 20.9. The number of nitrogens with two attached hydrogens (primary N) is 1. The summed E-state index contributed by atoms with van der Waals surface area (Å²) in [7, 11) is 0. The monoisotopic (exact) mass is 414 g/mol. The minimum absolute atomic E-state index is 0.0809. The van der Waals surface area contributed by atoms with Crippen LogP contribution in [-0.4, -0.2) is 83.0 Å². The first-order valence-corrected chi connectivity index (χ1v) is 10.1. The lowest BCUT2D eigenvalue weighted by Crippen LogP contribution is -2.37. The van der Waals surface area contributed by atoms with Gasteiger partial charge in [0.25, 0.3) is 0 Å². The molecule has 0 spiro atoms. The first-order valence-electron chi connectivity index (χ1n) is 10.1. The van der Waals surface area contributed by atoms with Crippen molar-refractivity contribution in [2.24, 2.45) is 0 Å². The van der Waals surface area contributed by atoms with Gasteiger partial charge in [-0.15, -0.1) is 0 Å². The van der Waals surface area contributed by atoms with Crippen molar-refractivity contribution in [2.75, 3.05) is 62.0 Å². The van der Waals surface area contributed by atoms with Crippen LogP contribution in [0.15, 0.2) is 18.5 Å². The number of nitrogens with zero attached hydrogens (tertiary/aromatic N) is 6. The van der Waals surface area contributed by atoms with Crippen LogP contribution in [0.4, 0.5) is 22.5 Å². The van der Waals surface area contributed by atoms with E-state index in [1.165, 1.54) is 0 Å². The van der Waals surface area contributed by atoms with Crippen LogP contribution in [0.25, 0.3) is 11.3 Å². The SMILES string of the molecule is CCOC(=O)N1CC[C@@H](Nc2cc(-c3cnc(N)nc3)nc(N3CCOCC3)n2)C1. The highest BCUT2D eigenvalue weighted by Crippen LogP contribution is 2.24. The van der Waals surface area contributed by atoms with Crippen LogP contribution in [0, 0.1) is 0 Å². The van der Waals surface area contributed by atoms with Crippen LogP contribution in [0.5, 0.6) is 0 Å². The maximum Gasteiger partial charge on any atom is 0.409 e. The van der Waals surface area contributed by atoms with E-state index in [1.54, 1.807) is 24.2 Å². The molecule has 2 aliphatic rings. The third-order valence-corrected chi connectivity index (χ3v) is 5.04. The molecule has 11 nitrogen and oxygen atoms in total. The van der Waals surface area contributed by atoms with E-state index in [2.05, 4.69) is 20.2 Å². The number of rotatable bonds is 5. The number of likely N-dealkylation sites (tertiary alicyclic amines) is 1. The summed E-state index contributed by atoms with van der Waals surface area (Å²) < 4.78 is 10.5. The fourth-order valence-electron chi connectivity index (χ4n) is 3.50. The minimum Gasteiger partial charge on any atom is -0.450 e. The van der Waals surface area contributed by atoms with Crippen LogP contribution in [0.2, 0.25) is 0 Å². The normalized spacial score (nSPS) is 19.0. The lowest BCUT2D eigenvalue weighted by molar-refractivity contribution is 0.115. The highest BCUT2D eigenvalue weighted by atomic mass is 16.6. The Morgan fingerprint density at radius 3 is 2.77 bits per heavy atom. The van der Waals surface area contributed by atoms with E-state index in [0.29, 0.717) is 50.4 Å².